The number of anilines is 1. The normalized spacial score (nSPS) is 18.1. The van der Waals surface area contributed by atoms with Crippen LogP contribution >= 0.6 is 11.3 Å². The first-order chi connectivity index (χ1) is 13.4. The minimum absolute atomic E-state index is 0.0192. The average Bonchev–Trinajstić information content (AvgIpc) is 3.41. The van der Waals surface area contributed by atoms with Gasteiger partial charge in [-0.3, -0.25) is 14.8 Å². The van der Waals surface area contributed by atoms with Crippen LogP contribution in [0.2, 0.25) is 0 Å². The van der Waals surface area contributed by atoms with Crippen molar-refractivity contribution in [1.29, 1.82) is 0 Å². The Balaban J connectivity index is 1.71. The van der Waals surface area contributed by atoms with Gasteiger partial charge in [0.2, 0.25) is 0 Å². The molecule has 28 heavy (non-hydrogen) atoms. The van der Waals surface area contributed by atoms with Crippen molar-refractivity contribution in [1.82, 2.24) is 14.8 Å². The van der Waals surface area contributed by atoms with Crippen LogP contribution in [-0.2, 0) is 9.84 Å². The lowest BCUT2D eigenvalue weighted by atomic mass is 10.1. The number of nitrogens with zero attached hydrogens (tertiary/aromatic N) is 3. The van der Waals surface area contributed by atoms with Crippen LogP contribution in [0.15, 0.2) is 41.9 Å². The maximum Gasteiger partial charge on any atom is 0.277 e. The number of ether oxygens (including phenoxy) is 1. The highest BCUT2D eigenvalue weighted by Crippen LogP contribution is 2.31. The Labute approximate surface area is 166 Å². The summed E-state index contributed by atoms with van der Waals surface area (Å²) in [5.74, 6) is 0.468. The van der Waals surface area contributed by atoms with E-state index >= 15 is 0 Å². The van der Waals surface area contributed by atoms with Gasteiger partial charge in [0.05, 0.1) is 30.4 Å². The van der Waals surface area contributed by atoms with Crippen LogP contribution < -0.4 is 10.1 Å². The zero-order valence-electron chi connectivity index (χ0n) is 15.0. The van der Waals surface area contributed by atoms with Crippen molar-refractivity contribution in [3.05, 3.63) is 47.6 Å². The molecule has 0 saturated carbocycles. The first kappa shape index (κ1) is 18.6. The third kappa shape index (κ3) is 3.78. The SMILES string of the molecule is COc1ccc(-c2cc(C(=O)Nc3nccs3)nn2[C@H]2CCS(=O)(=O)C2)cc1. The fourth-order valence-electron chi connectivity index (χ4n) is 3.18. The first-order valence-corrected chi connectivity index (χ1v) is 11.3. The van der Waals surface area contributed by atoms with Gasteiger partial charge in [-0.1, -0.05) is 0 Å². The second-order valence-corrected chi connectivity index (χ2v) is 9.56. The van der Waals surface area contributed by atoms with E-state index in [0.717, 1.165) is 5.56 Å². The summed E-state index contributed by atoms with van der Waals surface area (Å²) < 4.78 is 30.8. The third-order valence-electron chi connectivity index (χ3n) is 4.56. The van der Waals surface area contributed by atoms with E-state index in [2.05, 4.69) is 15.4 Å². The number of hydrogen-bond acceptors (Lipinski definition) is 7. The highest BCUT2D eigenvalue weighted by atomic mass is 32.2. The van der Waals surface area contributed by atoms with E-state index in [1.807, 2.05) is 24.3 Å². The fraction of sp³-hybridized carbons (Fsp3) is 0.278. The van der Waals surface area contributed by atoms with Crippen molar-refractivity contribution in [3.8, 4) is 17.0 Å². The van der Waals surface area contributed by atoms with E-state index in [1.165, 1.54) is 11.3 Å². The molecule has 1 amide bonds. The van der Waals surface area contributed by atoms with Crippen molar-refractivity contribution in [2.24, 2.45) is 0 Å². The molecule has 0 spiro atoms. The molecular formula is C18H18N4O4S2. The predicted molar refractivity (Wildman–Crippen MR) is 107 cm³/mol. The Morgan fingerprint density at radius 2 is 2.11 bits per heavy atom. The van der Waals surface area contributed by atoms with Crippen molar-refractivity contribution in [2.75, 3.05) is 23.9 Å². The number of hydrogen-bond donors (Lipinski definition) is 1. The van der Waals surface area contributed by atoms with E-state index < -0.39 is 9.84 Å². The second-order valence-electron chi connectivity index (χ2n) is 6.44. The van der Waals surface area contributed by atoms with Crippen molar-refractivity contribution in [2.45, 2.75) is 12.5 Å². The summed E-state index contributed by atoms with van der Waals surface area (Å²) >= 11 is 1.31. The average molecular weight is 419 g/mol. The van der Waals surface area contributed by atoms with E-state index in [0.29, 0.717) is 23.0 Å². The van der Waals surface area contributed by atoms with Crippen LogP contribution in [-0.4, -0.2) is 47.7 Å². The zero-order chi connectivity index (χ0) is 19.7. The minimum atomic E-state index is -3.09. The molecule has 10 heteroatoms. The van der Waals surface area contributed by atoms with Crippen molar-refractivity contribution < 1.29 is 17.9 Å². The highest BCUT2D eigenvalue weighted by Gasteiger charge is 2.32. The molecule has 146 valence electrons. The Hall–Kier alpha value is -2.72. The van der Waals surface area contributed by atoms with Gasteiger partial charge in [0, 0.05) is 17.1 Å². The number of carbonyl (C=O) groups excluding carboxylic acids is 1. The number of thiazole rings is 1. The molecule has 2 aromatic heterocycles. The van der Waals surface area contributed by atoms with E-state index in [1.54, 1.807) is 29.4 Å². The lowest BCUT2D eigenvalue weighted by Crippen LogP contribution is -2.16. The maximum absolute atomic E-state index is 12.6. The molecule has 1 atom stereocenters. The molecule has 3 aromatic rings. The highest BCUT2D eigenvalue weighted by molar-refractivity contribution is 7.91. The number of nitrogens with one attached hydrogen (secondary N) is 1. The van der Waals surface area contributed by atoms with Gasteiger partial charge in [-0.25, -0.2) is 13.4 Å². The Morgan fingerprint density at radius 1 is 1.32 bits per heavy atom. The van der Waals surface area contributed by atoms with Crippen LogP contribution in [0.25, 0.3) is 11.3 Å². The molecule has 1 aliphatic heterocycles. The first-order valence-electron chi connectivity index (χ1n) is 8.60. The molecule has 3 heterocycles. The summed E-state index contributed by atoms with van der Waals surface area (Å²) in [5.41, 5.74) is 1.73. The van der Waals surface area contributed by atoms with Crippen molar-refractivity contribution >= 4 is 32.2 Å². The van der Waals surface area contributed by atoms with Crippen LogP contribution in [0.1, 0.15) is 23.0 Å². The Bertz CT molecular complexity index is 1090. The molecule has 0 aliphatic carbocycles. The molecule has 4 rings (SSSR count). The van der Waals surface area contributed by atoms with Gasteiger partial charge >= 0.3 is 0 Å². The zero-order valence-corrected chi connectivity index (χ0v) is 16.7. The fourth-order valence-corrected chi connectivity index (χ4v) is 5.39. The molecule has 1 aliphatic rings. The quantitative estimate of drug-likeness (QED) is 0.683. The molecule has 0 bridgehead atoms. The van der Waals surface area contributed by atoms with E-state index in [-0.39, 0.29) is 29.1 Å². The predicted octanol–water partition coefficient (Wildman–Crippen LogP) is 2.63. The van der Waals surface area contributed by atoms with Gasteiger partial charge in [-0.05, 0) is 36.8 Å². The van der Waals surface area contributed by atoms with Gasteiger partial charge in [-0.2, -0.15) is 5.10 Å². The monoisotopic (exact) mass is 418 g/mol. The number of rotatable bonds is 5. The van der Waals surface area contributed by atoms with Gasteiger partial charge in [-0.15, -0.1) is 11.3 Å². The standard InChI is InChI=1S/C18H18N4O4S2/c1-26-14-4-2-12(3-5-14)16-10-15(17(23)20-18-19-7-8-27-18)21-22(16)13-6-9-28(24,25)11-13/h2-5,7-8,10,13H,6,9,11H2,1H3,(H,19,20,23)/t13-/m0/s1. The lowest BCUT2D eigenvalue weighted by Gasteiger charge is -2.13. The van der Waals surface area contributed by atoms with Crippen LogP contribution in [0.3, 0.4) is 0 Å². The number of methoxy groups -OCH3 is 1. The summed E-state index contributed by atoms with van der Waals surface area (Å²) in [6.45, 7) is 0. The van der Waals surface area contributed by atoms with Gasteiger partial charge in [0.15, 0.2) is 20.7 Å². The minimum Gasteiger partial charge on any atom is -0.497 e. The summed E-state index contributed by atoms with van der Waals surface area (Å²) in [6.07, 6.45) is 2.08. The van der Waals surface area contributed by atoms with Crippen LogP contribution in [0.4, 0.5) is 5.13 Å². The van der Waals surface area contributed by atoms with Gasteiger partial charge in [0.1, 0.15) is 5.75 Å². The number of aromatic nitrogens is 3. The van der Waals surface area contributed by atoms with E-state index in [4.69, 9.17) is 4.74 Å². The topological polar surface area (TPSA) is 103 Å². The second kappa shape index (κ2) is 7.36. The molecule has 1 N–H and O–H groups in total. The number of sulfone groups is 1. The van der Waals surface area contributed by atoms with E-state index in [9.17, 15) is 13.2 Å². The Morgan fingerprint density at radius 3 is 2.71 bits per heavy atom. The lowest BCUT2D eigenvalue weighted by molar-refractivity contribution is 0.102. The van der Waals surface area contributed by atoms with Crippen LogP contribution in [0.5, 0.6) is 5.75 Å². The summed E-state index contributed by atoms with van der Waals surface area (Å²) in [5, 5.41) is 9.40. The Kier molecular flexibility index (Phi) is 4.90. The summed E-state index contributed by atoms with van der Waals surface area (Å²) in [4.78, 5) is 16.6. The molecule has 0 unspecified atom stereocenters. The largest absolute Gasteiger partial charge is 0.497 e. The molecular weight excluding hydrogens is 400 g/mol. The maximum atomic E-state index is 12.6. The molecule has 8 nitrogen and oxygen atoms in total. The number of benzene rings is 1. The molecule has 0 radical (unpaired) electrons. The smallest absolute Gasteiger partial charge is 0.277 e. The number of amides is 1. The van der Waals surface area contributed by atoms with Crippen LogP contribution in [0, 0.1) is 0 Å². The number of carbonyl (C=O) groups is 1. The molecule has 1 saturated heterocycles. The summed E-state index contributed by atoms with van der Waals surface area (Å²) in [6, 6.07) is 8.72. The third-order valence-corrected chi connectivity index (χ3v) is 7.00. The molecule has 1 aromatic carbocycles. The van der Waals surface area contributed by atoms with Gasteiger partial charge in [0.25, 0.3) is 5.91 Å². The van der Waals surface area contributed by atoms with Crippen molar-refractivity contribution in [3.63, 3.8) is 0 Å². The summed E-state index contributed by atoms with van der Waals surface area (Å²) in [7, 11) is -1.51. The van der Waals surface area contributed by atoms with Gasteiger partial charge < -0.3 is 4.74 Å². The molecule has 1 fully saturated rings.